The van der Waals surface area contributed by atoms with E-state index in [9.17, 15) is 4.79 Å². The highest BCUT2D eigenvalue weighted by molar-refractivity contribution is 5.92. The summed E-state index contributed by atoms with van der Waals surface area (Å²) in [6.45, 7) is 6.36. The molecule has 0 spiro atoms. The van der Waals surface area contributed by atoms with Crippen LogP contribution in [0.3, 0.4) is 0 Å². The Hall–Kier alpha value is -2.86. The van der Waals surface area contributed by atoms with E-state index in [2.05, 4.69) is 51.7 Å². The van der Waals surface area contributed by atoms with E-state index < -0.39 is 5.97 Å². The third-order valence-corrected chi connectivity index (χ3v) is 7.64. The minimum Gasteiger partial charge on any atom is -0.463 e. The zero-order chi connectivity index (χ0) is 21.3. The number of rotatable bonds is 3. The number of oxazole rings is 1. The highest BCUT2D eigenvalue weighted by Gasteiger charge is 2.51. The van der Waals surface area contributed by atoms with Gasteiger partial charge >= 0.3 is 5.97 Å². The molecule has 0 N–H and O–H groups in total. The number of para-hydroxylation sites is 1. The zero-order valence-electron chi connectivity index (χ0n) is 18.3. The summed E-state index contributed by atoms with van der Waals surface area (Å²) >= 11 is 0. The summed E-state index contributed by atoms with van der Waals surface area (Å²) in [5.74, 6) is 0.191. The molecule has 0 bridgehead atoms. The van der Waals surface area contributed by atoms with Crippen LogP contribution in [0.5, 0.6) is 0 Å². The summed E-state index contributed by atoms with van der Waals surface area (Å²) in [4.78, 5) is 19.6. The summed E-state index contributed by atoms with van der Waals surface area (Å²) < 4.78 is 13.3. The van der Waals surface area contributed by atoms with Gasteiger partial charge in [0.25, 0.3) is 0 Å². The van der Waals surface area contributed by atoms with E-state index in [0.29, 0.717) is 17.6 Å². The lowest BCUT2D eigenvalue weighted by Crippen LogP contribution is -2.50. The molecule has 3 aromatic rings. The van der Waals surface area contributed by atoms with Crippen LogP contribution in [-0.4, -0.2) is 40.6 Å². The first-order valence-corrected chi connectivity index (χ1v) is 11.2. The molecule has 1 aromatic carbocycles. The SMILES string of the molecule is CCC12C=C(c3nc(C)c(C(=O)OC)o3)n3c4c(c5ccccc53)CCN(CCC1)[C@H]42. The van der Waals surface area contributed by atoms with Crippen molar-refractivity contribution in [2.45, 2.75) is 45.6 Å². The fraction of sp³-hybridized carbons (Fsp3) is 0.440. The summed E-state index contributed by atoms with van der Waals surface area (Å²) in [5, 5.41) is 1.32. The van der Waals surface area contributed by atoms with Gasteiger partial charge in [-0.3, -0.25) is 4.90 Å². The maximum atomic E-state index is 12.2. The van der Waals surface area contributed by atoms with Gasteiger partial charge in [0.2, 0.25) is 11.7 Å². The molecule has 0 radical (unpaired) electrons. The van der Waals surface area contributed by atoms with Crippen molar-refractivity contribution in [2.75, 3.05) is 20.2 Å². The predicted octanol–water partition coefficient (Wildman–Crippen LogP) is 4.72. The number of hydrogen-bond donors (Lipinski definition) is 0. The number of esters is 1. The molecule has 0 amide bonds. The topological polar surface area (TPSA) is 60.5 Å². The van der Waals surface area contributed by atoms with Crippen molar-refractivity contribution in [3.05, 3.63) is 58.9 Å². The molecule has 3 aliphatic heterocycles. The van der Waals surface area contributed by atoms with E-state index in [-0.39, 0.29) is 11.2 Å². The van der Waals surface area contributed by atoms with Gasteiger partial charge < -0.3 is 13.7 Å². The molecule has 3 aliphatic rings. The predicted molar refractivity (Wildman–Crippen MR) is 118 cm³/mol. The number of carbonyl (C=O) groups excluding carboxylic acids is 1. The first-order valence-electron chi connectivity index (χ1n) is 11.2. The Balaban J connectivity index is 1.67. The average molecular weight is 418 g/mol. The number of carbonyl (C=O) groups is 1. The van der Waals surface area contributed by atoms with E-state index in [1.807, 2.05) is 0 Å². The molecule has 2 aromatic heterocycles. The monoisotopic (exact) mass is 417 g/mol. The fourth-order valence-electron chi connectivity index (χ4n) is 6.22. The Morgan fingerprint density at radius 2 is 2.16 bits per heavy atom. The summed E-state index contributed by atoms with van der Waals surface area (Å²) in [7, 11) is 1.37. The van der Waals surface area contributed by atoms with Crippen molar-refractivity contribution in [3.63, 3.8) is 0 Å². The fourth-order valence-corrected chi connectivity index (χ4v) is 6.22. The van der Waals surface area contributed by atoms with Crippen LogP contribution in [0.2, 0.25) is 0 Å². The number of piperidine rings is 1. The van der Waals surface area contributed by atoms with Gasteiger partial charge in [0.05, 0.1) is 24.4 Å². The number of ether oxygens (including phenoxy) is 1. The van der Waals surface area contributed by atoms with E-state index in [1.54, 1.807) is 6.92 Å². The summed E-state index contributed by atoms with van der Waals surface area (Å²) in [5.41, 5.74) is 5.59. The van der Waals surface area contributed by atoms with Crippen LogP contribution in [0.25, 0.3) is 16.6 Å². The number of aromatic nitrogens is 2. The lowest BCUT2D eigenvalue weighted by Gasteiger charge is -2.53. The molecule has 0 saturated carbocycles. The van der Waals surface area contributed by atoms with Gasteiger partial charge in [-0.05, 0) is 56.9 Å². The van der Waals surface area contributed by atoms with Crippen molar-refractivity contribution < 1.29 is 13.9 Å². The number of fused-ring (bicyclic) bond motifs is 3. The van der Waals surface area contributed by atoms with Gasteiger partial charge in [0, 0.05) is 23.0 Å². The minimum atomic E-state index is -0.487. The largest absolute Gasteiger partial charge is 0.463 e. The molecular weight excluding hydrogens is 390 g/mol. The molecule has 2 atom stereocenters. The Morgan fingerprint density at radius 3 is 2.97 bits per heavy atom. The second kappa shape index (κ2) is 6.57. The van der Waals surface area contributed by atoms with Gasteiger partial charge in [0.15, 0.2) is 0 Å². The van der Waals surface area contributed by atoms with E-state index >= 15 is 0 Å². The first-order chi connectivity index (χ1) is 15.1. The normalized spacial score (nSPS) is 24.7. The third-order valence-electron chi connectivity index (χ3n) is 7.64. The van der Waals surface area contributed by atoms with Crippen molar-refractivity contribution >= 4 is 22.6 Å². The molecule has 1 saturated heterocycles. The summed E-state index contributed by atoms with van der Waals surface area (Å²) in [6, 6.07) is 9.02. The molecule has 6 nitrogen and oxygen atoms in total. The second-order valence-electron chi connectivity index (χ2n) is 9.05. The Bertz CT molecular complexity index is 1250. The molecule has 1 fully saturated rings. The Labute approximate surface area is 181 Å². The molecule has 0 aliphatic carbocycles. The van der Waals surface area contributed by atoms with Crippen LogP contribution in [-0.2, 0) is 11.2 Å². The highest BCUT2D eigenvalue weighted by Crippen LogP contribution is 2.57. The number of benzene rings is 1. The molecular formula is C25H27N3O3. The number of nitrogens with zero attached hydrogens (tertiary/aromatic N) is 3. The van der Waals surface area contributed by atoms with Crippen molar-refractivity contribution in [1.29, 1.82) is 0 Å². The molecule has 1 unspecified atom stereocenters. The number of aryl methyl sites for hydroxylation is 1. The maximum Gasteiger partial charge on any atom is 0.375 e. The van der Waals surface area contributed by atoms with Crippen LogP contribution in [0.15, 0.2) is 34.8 Å². The van der Waals surface area contributed by atoms with Gasteiger partial charge in [0.1, 0.15) is 5.70 Å². The summed E-state index contributed by atoms with van der Waals surface area (Å²) in [6.07, 6.45) is 6.86. The van der Waals surface area contributed by atoms with Crippen molar-refractivity contribution in [2.24, 2.45) is 5.41 Å². The average Bonchev–Trinajstić information content (AvgIpc) is 3.36. The molecule has 6 rings (SSSR count). The Kier molecular flexibility index (Phi) is 4.00. The lowest BCUT2D eigenvalue weighted by molar-refractivity contribution is 0.0269. The molecule has 160 valence electrons. The van der Waals surface area contributed by atoms with Crippen molar-refractivity contribution in [1.82, 2.24) is 14.5 Å². The van der Waals surface area contributed by atoms with Gasteiger partial charge in [-0.2, -0.15) is 0 Å². The quantitative estimate of drug-likeness (QED) is 0.577. The van der Waals surface area contributed by atoms with E-state index in [1.165, 1.54) is 35.7 Å². The smallest absolute Gasteiger partial charge is 0.375 e. The minimum absolute atomic E-state index is 0.0426. The van der Waals surface area contributed by atoms with Crippen LogP contribution >= 0.6 is 0 Å². The van der Waals surface area contributed by atoms with E-state index in [0.717, 1.165) is 38.0 Å². The molecule has 6 heteroatoms. The van der Waals surface area contributed by atoms with Crippen LogP contribution in [0.4, 0.5) is 0 Å². The van der Waals surface area contributed by atoms with Crippen LogP contribution in [0.1, 0.15) is 65.6 Å². The van der Waals surface area contributed by atoms with Gasteiger partial charge in [-0.15, -0.1) is 0 Å². The van der Waals surface area contributed by atoms with Gasteiger partial charge in [-0.1, -0.05) is 25.1 Å². The highest BCUT2D eigenvalue weighted by atomic mass is 16.5. The zero-order valence-corrected chi connectivity index (χ0v) is 18.3. The Morgan fingerprint density at radius 1 is 1.32 bits per heavy atom. The third kappa shape index (κ3) is 2.42. The standard InChI is InChI=1S/C25H27N3O3/c1-4-25-11-7-12-27-13-10-17-16-8-5-6-9-18(16)28(20(17)22(25)27)19(14-25)23-26-15(2)21(31-23)24(29)30-3/h5-6,8-9,14,22H,4,7,10-13H2,1-3H3/t22-,25?/m1/s1. The number of hydrogen-bond acceptors (Lipinski definition) is 5. The molecule has 31 heavy (non-hydrogen) atoms. The van der Waals surface area contributed by atoms with Crippen molar-refractivity contribution in [3.8, 4) is 0 Å². The van der Waals surface area contributed by atoms with Gasteiger partial charge in [-0.25, -0.2) is 9.78 Å². The van der Waals surface area contributed by atoms with E-state index in [4.69, 9.17) is 9.15 Å². The maximum absolute atomic E-state index is 12.2. The number of methoxy groups -OCH3 is 1. The molecule has 5 heterocycles. The lowest BCUT2D eigenvalue weighted by atomic mass is 9.66. The van der Waals surface area contributed by atoms with Crippen LogP contribution in [0, 0.1) is 12.3 Å². The second-order valence-corrected chi connectivity index (χ2v) is 9.05. The first kappa shape index (κ1) is 18.9. The van der Waals surface area contributed by atoms with Crippen LogP contribution < -0.4 is 0 Å².